The number of carbonyl (C=O) groups is 1. The van der Waals surface area contributed by atoms with Crippen molar-refractivity contribution in [1.29, 1.82) is 0 Å². The highest BCUT2D eigenvalue weighted by atomic mass is 16.1. The number of rotatable bonds is 3. The lowest BCUT2D eigenvalue weighted by Gasteiger charge is -2.31. The van der Waals surface area contributed by atoms with E-state index in [0.717, 1.165) is 38.0 Å². The zero-order chi connectivity index (χ0) is 13.9. The molecule has 1 unspecified atom stereocenters. The number of Topliss-reactive ketones (excluding diaryl/α,β-unsaturated/α-hetero) is 1. The molecule has 0 aromatic heterocycles. The standard InChI is InChI=1S/C17H24N2O/c1-13(19-10-3-2-4-11-19)17(20)15-7-8-16-14(12-15)6-5-9-18-16/h7-8,12-13,18H,2-6,9-11H2,1H3. The van der Waals surface area contributed by atoms with Crippen LogP contribution in [0.3, 0.4) is 0 Å². The number of piperidine rings is 1. The molecule has 3 heteroatoms. The van der Waals surface area contributed by atoms with E-state index in [1.54, 1.807) is 0 Å². The maximum absolute atomic E-state index is 12.7. The summed E-state index contributed by atoms with van der Waals surface area (Å²) in [6.45, 7) is 5.24. The molecule has 1 fully saturated rings. The van der Waals surface area contributed by atoms with Gasteiger partial charge in [-0.2, -0.15) is 0 Å². The molecule has 1 aromatic rings. The van der Waals surface area contributed by atoms with Gasteiger partial charge in [-0.05, 0) is 69.5 Å². The molecule has 2 heterocycles. The summed E-state index contributed by atoms with van der Waals surface area (Å²) in [7, 11) is 0. The van der Waals surface area contributed by atoms with Gasteiger partial charge in [0.05, 0.1) is 6.04 Å². The van der Waals surface area contributed by atoms with Crippen molar-refractivity contribution in [2.24, 2.45) is 0 Å². The number of ketones is 1. The Bertz CT molecular complexity index is 492. The minimum Gasteiger partial charge on any atom is -0.385 e. The maximum Gasteiger partial charge on any atom is 0.179 e. The largest absolute Gasteiger partial charge is 0.385 e. The van der Waals surface area contributed by atoms with Crippen LogP contribution in [0.25, 0.3) is 0 Å². The van der Waals surface area contributed by atoms with Gasteiger partial charge in [-0.3, -0.25) is 9.69 Å². The number of nitrogens with zero attached hydrogens (tertiary/aromatic N) is 1. The maximum atomic E-state index is 12.7. The highest BCUT2D eigenvalue weighted by Crippen LogP contribution is 2.24. The molecule has 1 atom stereocenters. The van der Waals surface area contributed by atoms with Crippen LogP contribution in [-0.4, -0.2) is 36.4 Å². The number of aryl methyl sites for hydroxylation is 1. The van der Waals surface area contributed by atoms with Crippen molar-refractivity contribution in [3.63, 3.8) is 0 Å². The number of likely N-dealkylation sites (tertiary alicyclic amines) is 1. The zero-order valence-corrected chi connectivity index (χ0v) is 12.3. The molecule has 1 aromatic carbocycles. The van der Waals surface area contributed by atoms with E-state index in [0.29, 0.717) is 0 Å². The van der Waals surface area contributed by atoms with E-state index < -0.39 is 0 Å². The van der Waals surface area contributed by atoms with E-state index in [1.165, 1.54) is 30.5 Å². The van der Waals surface area contributed by atoms with Crippen LogP contribution in [0, 0.1) is 0 Å². The molecule has 2 aliphatic heterocycles. The van der Waals surface area contributed by atoms with Crippen molar-refractivity contribution >= 4 is 11.5 Å². The van der Waals surface area contributed by atoms with Crippen molar-refractivity contribution in [2.45, 2.75) is 45.1 Å². The number of carbonyl (C=O) groups excluding carboxylic acids is 1. The minimum absolute atomic E-state index is 0.0184. The topological polar surface area (TPSA) is 32.3 Å². The molecule has 0 spiro atoms. The van der Waals surface area contributed by atoms with Crippen LogP contribution < -0.4 is 5.32 Å². The smallest absolute Gasteiger partial charge is 0.179 e. The van der Waals surface area contributed by atoms with E-state index in [-0.39, 0.29) is 11.8 Å². The first kappa shape index (κ1) is 13.6. The predicted octanol–water partition coefficient (Wildman–Crippen LogP) is 3.10. The number of anilines is 1. The van der Waals surface area contributed by atoms with E-state index in [4.69, 9.17) is 0 Å². The minimum atomic E-state index is 0.0184. The highest BCUT2D eigenvalue weighted by molar-refractivity contribution is 6.00. The van der Waals surface area contributed by atoms with Crippen LogP contribution in [0.5, 0.6) is 0 Å². The Morgan fingerprint density at radius 3 is 2.80 bits per heavy atom. The number of hydrogen-bond acceptors (Lipinski definition) is 3. The van der Waals surface area contributed by atoms with Gasteiger partial charge < -0.3 is 5.32 Å². The lowest BCUT2D eigenvalue weighted by molar-refractivity contribution is 0.0809. The second kappa shape index (κ2) is 5.96. The lowest BCUT2D eigenvalue weighted by atomic mass is 9.96. The normalized spacial score (nSPS) is 20.9. The fourth-order valence-electron chi connectivity index (χ4n) is 3.34. The molecule has 0 amide bonds. The van der Waals surface area contributed by atoms with Gasteiger partial charge >= 0.3 is 0 Å². The summed E-state index contributed by atoms with van der Waals surface area (Å²) < 4.78 is 0. The van der Waals surface area contributed by atoms with Crippen LogP contribution in [-0.2, 0) is 6.42 Å². The Balaban J connectivity index is 1.75. The monoisotopic (exact) mass is 272 g/mol. The van der Waals surface area contributed by atoms with Crippen molar-refractivity contribution in [1.82, 2.24) is 4.90 Å². The summed E-state index contributed by atoms with van der Waals surface area (Å²) in [5, 5.41) is 3.40. The van der Waals surface area contributed by atoms with Gasteiger partial charge in [0.25, 0.3) is 0 Å². The van der Waals surface area contributed by atoms with Crippen molar-refractivity contribution in [2.75, 3.05) is 25.0 Å². The molecule has 0 saturated carbocycles. The summed E-state index contributed by atoms with van der Waals surface area (Å²) in [5.74, 6) is 0.278. The third-order valence-electron chi connectivity index (χ3n) is 4.65. The summed E-state index contributed by atoms with van der Waals surface area (Å²) in [5.41, 5.74) is 3.39. The number of nitrogens with one attached hydrogen (secondary N) is 1. The molecule has 3 rings (SSSR count). The zero-order valence-electron chi connectivity index (χ0n) is 12.3. The van der Waals surface area contributed by atoms with Crippen LogP contribution in [0.1, 0.15) is 48.5 Å². The Morgan fingerprint density at radius 1 is 1.20 bits per heavy atom. The first-order valence-electron chi connectivity index (χ1n) is 7.91. The molecule has 108 valence electrons. The molecule has 1 N–H and O–H groups in total. The summed E-state index contributed by atoms with van der Waals surface area (Å²) in [6, 6.07) is 6.18. The summed E-state index contributed by atoms with van der Waals surface area (Å²) in [6.07, 6.45) is 6.01. The molecule has 0 aliphatic carbocycles. The quantitative estimate of drug-likeness (QED) is 0.858. The van der Waals surface area contributed by atoms with E-state index >= 15 is 0 Å². The highest BCUT2D eigenvalue weighted by Gasteiger charge is 2.24. The Labute approximate surface area is 121 Å². The van der Waals surface area contributed by atoms with Crippen LogP contribution >= 0.6 is 0 Å². The summed E-state index contributed by atoms with van der Waals surface area (Å²) >= 11 is 0. The third-order valence-corrected chi connectivity index (χ3v) is 4.65. The van der Waals surface area contributed by atoms with Gasteiger partial charge in [0.15, 0.2) is 5.78 Å². The fourth-order valence-corrected chi connectivity index (χ4v) is 3.34. The second-order valence-corrected chi connectivity index (χ2v) is 6.04. The molecular formula is C17H24N2O. The molecule has 1 saturated heterocycles. The molecule has 20 heavy (non-hydrogen) atoms. The molecule has 2 aliphatic rings. The Morgan fingerprint density at radius 2 is 2.00 bits per heavy atom. The first-order chi connectivity index (χ1) is 9.75. The molecule has 3 nitrogen and oxygen atoms in total. The van der Waals surface area contributed by atoms with Crippen LogP contribution in [0.15, 0.2) is 18.2 Å². The van der Waals surface area contributed by atoms with Crippen LogP contribution in [0.4, 0.5) is 5.69 Å². The SMILES string of the molecule is CC(C(=O)c1ccc2c(c1)CCCN2)N1CCCCC1. The van der Waals surface area contributed by atoms with Crippen molar-refractivity contribution in [3.05, 3.63) is 29.3 Å². The van der Waals surface area contributed by atoms with Gasteiger partial charge in [0, 0.05) is 17.8 Å². The lowest BCUT2D eigenvalue weighted by Crippen LogP contribution is -2.42. The fraction of sp³-hybridized carbons (Fsp3) is 0.588. The van der Waals surface area contributed by atoms with Gasteiger partial charge in [0.2, 0.25) is 0 Å². The molecule has 0 bridgehead atoms. The Kier molecular flexibility index (Phi) is 4.06. The summed E-state index contributed by atoms with van der Waals surface area (Å²) in [4.78, 5) is 15.0. The van der Waals surface area contributed by atoms with Gasteiger partial charge in [0.1, 0.15) is 0 Å². The van der Waals surface area contributed by atoms with Crippen molar-refractivity contribution < 1.29 is 4.79 Å². The number of benzene rings is 1. The predicted molar refractivity (Wildman–Crippen MR) is 82.5 cm³/mol. The van der Waals surface area contributed by atoms with E-state index in [9.17, 15) is 4.79 Å². The number of fused-ring (bicyclic) bond motifs is 1. The van der Waals surface area contributed by atoms with Crippen LogP contribution in [0.2, 0.25) is 0 Å². The average molecular weight is 272 g/mol. The molecular weight excluding hydrogens is 248 g/mol. The van der Waals surface area contributed by atoms with Crippen molar-refractivity contribution in [3.8, 4) is 0 Å². The second-order valence-electron chi connectivity index (χ2n) is 6.04. The van der Waals surface area contributed by atoms with Gasteiger partial charge in [-0.15, -0.1) is 0 Å². The number of hydrogen-bond donors (Lipinski definition) is 1. The van der Waals surface area contributed by atoms with Gasteiger partial charge in [-0.25, -0.2) is 0 Å². The average Bonchev–Trinajstić information content (AvgIpc) is 2.54. The Hall–Kier alpha value is -1.35. The molecule has 0 radical (unpaired) electrons. The third kappa shape index (κ3) is 2.73. The van der Waals surface area contributed by atoms with Gasteiger partial charge in [-0.1, -0.05) is 6.42 Å². The first-order valence-corrected chi connectivity index (χ1v) is 7.91. The van der Waals surface area contributed by atoms with E-state index in [2.05, 4.69) is 29.3 Å². The van der Waals surface area contributed by atoms with E-state index in [1.807, 2.05) is 6.07 Å².